The molecule has 1 aromatic heterocycles. The van der Waals surface area contributed by atoms with Gasteiger partial charge in [-0.05, 0) is 31.6 Å². The molecule has 18 heavy (non-hydrogen) atoms. The molecule has 0 atom stereocenters. The Bertz CT molecular complexity index is 367. The van der Waals surface area contributed by atoms with Crippen LogP contribution in [0.25, 0.3) is 0 Å². The maximum atomic E-state index is 5.32. The van der Waals surface area contributed by atoms with E-state index in [4.69, 9.17) is 17.0 Å². The first-order valence-corrected chi connectivity index (χ1v) is 6.59. The van der Waals surface area contributed by atoms with E-state index in [1.807, 2.05) is 36.7 Å². The molecule has 0 spiro atoms. The molecule has 0 aliphatic rings. The highest BCUT2D eigenvalue weighted by molar-refractivity contribution is 7.80. The molecule has 0 aliphatic carbocycles. The fourth-order valence-corrected chi connectivity index (χ4v) is 1.69. The highest BCUT2D eigenvalue weighted by Crippen LogP contribution is 2.01. The van der Waals surface area contributed by atoms with Gasteiger partial charge in [-0.25, -0.2) is 0 Å². The Hall–Kier alpha value is -1.14. The molecule has 1 N–H and O–H groups in total. The monoisotopic (exact) mass is 270 g/mol. The summed E-state index contributed by atoms with van der Waals surface area (Å²) in [7, 11) is 3.91. The lowest BCUT2D eigenvalue weighted by molar-refractivity contribution is 0.145. The van der Waals surface area contributed by atoms with Crippen molar-refractivity contribution in [2.24, 2.45) is 7.05 Å². The van der Waals surface area contributed by atoms with Crippen molar-refractivity contribution in [1.82, 2.24) is 20.0 Å². The van der Waals surface area contributed by atoms with E-state index in [1.54, 1.807) is 6.20 Å². The summed E-state index contributed by atoms with van der Waals surface area (Å²) in [5.74, 6) is 0. The van der Waals surface area contributed by atoms with E-state index in [0.29, 0.717) is 0 Å². The Morgan fingerprint density at radius 2 is 2.39 bits per heavy atom. The van der Waals surface area contributed by atoms with Gasteiger partial charge in [0.15, 0.2) is 5.11 Å². The Morgan fingerprint density at radius 1 is 1.61 bits per heavy atom. The molecule has 1 heterocycles. The summed E-state index contributed by atoms with van der Waals surface area (Å²) < 4.78 is 7.12. The van der Waals surface area contributed by atoms with Gasteiger partial charge in [-0.2, -0.15) is 5.10 Å². The molecule has 0 aliphatic heterocycles. The van der Waals surface area contributed by atoms with Gasteiger partial charge in [0.1, 0.15) is 0 Å². The fourth-order valence-electron chi connectivity index (χ4n) is 1.52. The van der Waals surface area contributed by atoms with Crippen LogP contribution in [0.1, 0.15) is 19.0 Å². The van der Waals surface area contributed by atoms with Crippen LogP contribution < -0.4 is 5.32 Å². The standard InChI is InChI=1S/C12H22N4OS/c1-4-17-9-5-7-13-12(18)15(2)10-11-6-8-14-16(11)3/h6,8H,4-5,7,9-10H2,1-3H3,(H,13,18). The predicted octanol–water partition coefficient (Wildman–Crippen LogP) is 1.15. The number of aromatic nitrogens is 2. The molecule has 0 saturated heterocycles. The van der Waals surface area contributed by atoms with Crippen molar-refractivity contribution in [3.8, 4) is 0 Å². The zero-order valence-electron chi connectivity index (χ0n) is 11.3. The molecular weight excluding hydrogens is 248 g/mol. The molecule has 0 unspecified atom stereocenters. The SMILES string of the molecule is CCOCCCNC(=S)N(C)Cc1ccnn1C. The van der Waals surface area contributed by atoms with Crippen molar-refractivity contribution in [2.45, 2.75) is 19.9 Å². The second kappa shape index (κ2) is 8.05. The topological polar surface area (TPSA) is 42.3 Å². The van der Waals surface area contributed by atoms with E-state index >= 15 is 0 Å². The quantitative estimate of drug-likeness (QED) is 0.595. The van der Waals surface area contributed by atoms with Gasteiger partial charge < -0.3 is 15.0 Å². The van der Waals surface area contributed by atoms with Crippen LogP contribution in [0.5, 0.6) is 0 Å². The van der Waals surface area contributed by atoms with Crippen LogP contribution in [0.4, 0.5) is 0 Å². The summed E-state index contributed by atoms with van der Waals surface area (Å²) in [4.78, 5) is 2.01. The van der Waals surface area contributed by atoms with Crippen molar-refractivity contribution >= 4 is 17.3 Å². The molecule has 0 aromatic carbocycles. The number of rotatable bonds is 7. The number of nitrogens with one attached hydrogen (secondary N) is 1. The third-order valence-corrected chi connectivity index (χ3v) is 3.07. The molecule has 0 amide bonds. The van der Waals surface area contributed by atoms with Gasteiger partial charge in [0, 0.05) is 40.1 Å². The van der Waals surface area contributed by atoms with Gasteiger partial charge in [0.05, 0.1) is 12.2 Å². The zero-order valence-corrected chi connectivity index (χ0v) is 12.2. The van der Waals surface area contributed by atoms with Gasteiger partial charge in [0.25, 0.3) is 0 Å². The molecule has 5 nitrogen and oxygen atoms in total. The maximum absolute atomic E-state index is 5.32. The number of hydrogen-bond donors (Lipinski definition) is 1. The van der Waals surface area contributed by atoms with Gasteiger partial charge in [-0.3, -0.25) is 4.68 Å². The number of nitrogens with zero attached hydrogens (tertiary/aromatic N) is 3. The average Bonchev–Trinajstić information content (AvgIpc) is 2.74. The molecule has 1 aromatic rings. The lowest BCUT2D eigenvalue weighted by Crippen LogP contribution is -2.37. The van der Waals surface area contributed by atoms with Crippen LogP contribution in [-0.2, 0) is 18.3 Å². The van der Waals surface area contributed by atoms with E-state index in [2.05, 4.69) is 10.4 Å². The number of thiocarbonyl (C=S) groups is 1. The van der Waals surface area contributed by atoms with Crippen molar-refractivity contribution in [1.29, 1.82) is 0 Å². The average molecular weight is 270 g/mol. The van der Waals surface area contributed by atoms with Crippen LogP contribution in [0.3, 0.4) is 0 Å². The zero-order chi connectivity index (χ0) is 13.4. The van der Waals surface area contributed by atoms with Crippen LogP contribution in [0.2, 0.25) is 0 Å². The van der Waals surface area contributed by atoms with Crippen molar-refractivity contribution in [3.63, 3.8) is 0 Å². The molecule has 102 valence electrons. The molecule has 1 rings (SSSR count). The lowest BCUT2D eigenvalue weighted by atomic mass is 10.4. The summed E-state index contributed by atoms with van der Waals surface area (Å²) in [5, 5.41) is 8.11. The van der Waals surface area contributed by atoms with Crippen LogP contribution in [0, 0.1) is 0 Å². The Labute approximate surface area is 114 Å². The Morgan fingerprint density at radius 3 is 3.00 bits per heavy atom. The number of ether oxygens (including phenoxy) is 1. The Balaban J connectivity index is 2.23. The van der Waals surface area contributed by atoms with Crippen LogP contribution in [-0.4, -0.2) is 46.6 Å². The summed E-state index contributed by atoms with van der Waals surface area (Å²) >= 11 is 5.32. The third-order valence-electron chi connectivity index (χ3n) is 2.61. The van der Waals surface area contributed by atoms with Crippen molar-refractivity contribution in [3.05, 3.63) is 18.0 Å². The highest BCUT2D eigenvalue weighted by Gasteiger charge is 2.06. The lowest BCUT2D eigenvalue weighted by Gasteiger charge is -2.21. The van der Waals surface area contributed by atoms with E-state index < -0.39 is 0 Å². The fraction of sp³-hybridized carbons (Fsp3) is 0.667. The molecular formula is C12H22N4OS. The normalized spacial score (nSPS) is 10.4. The maximum Gasteiger partial charge on any atom is 0.169 e. The summed E-state index contributed by atoms with van der Waals surface area (Å²) in [6.07, 6.45) is 2.76. The van der Waals surface area contributed by atoms with Gasteiger partial charge >= 0.3 is 0 Å². The minimum Gasteiger partial charge on any atom is -0.382 e. The van der Waals surface area contributed by atoms with Gasteiger partial charge in [-0.1, -0.05) is 0 Å². The number of aryl methyl sites for hydroxylation is 1. The first kappa shape index (κ1) is 14.9. The predicted molar refractivity (Wildman–Crippen MR) is 76.4 cm³/mol. The summed E-state index contributed by atoms with van der Waals surface area (Å²) in [6, 6.07) is 1.99. The summed E-state index contributed by atoms with van der Waals surface area (Å²) in [6.45, 7) is 5.14. The van der Waals surface area contributed by atoms with Crippen LogP contribution in [0.15, 0.2) is 12.3 Å². The Kier molecular flexibility index (Phi) is 6.67. The summed E-state index contributed by atoms with van der Waals surface area (Å²) in [5.41, 5.74) is 1.14. The smallest absolute Gasteiger partial charge is 0.169 e. The van der Waals surface area contributed by atoms with Gasteiger partial charge in [0.2, 0.25) is 0 Å². The molecule has 0 saturated carbocycles. The molecule has 0 fully saturated rings. The first-order chi connectivity index (χ1) is 8.65. The van der Waals surface area contributed by atoms with E-state index in [1.165, 1.54) is 0 Å². The van der Waals surface area contributed by atoms with Crippen LogP contribution >= 0.6 is 12.2 Å². The van der Waals surface area contributed by atoms with E-state index in [9.17, 15) is 0 Å². The molecule has 0 bridgehead atoms. The minimum atomic E-state index is 0.757. The number of hydrogen-bond acceptors (Lipinski definition) is 3. The molecule has 0 radical (unpaired) electrons. The first-order valence-electron chi connectivity index (χ1n) is 6.18. The molecule has 6 heteroatoms. The minimum absolute atomic E-state index is 0.757. The third kappa shape index (κ3) is 5.01. The highest BCUT2D eigenvalue weighted by atomic mass is 32.1. The second-order valence-electron chi connectivity index (χ2n) is 4.08. The van der Waals surface area contributed by atoms with E-state index in [-0.39, 0.29) is 0 Å². The second-order valence-corrected chi connectivity index (χ2v) is 4.47. The van der Waals surface area contributed by atoms with Gasteiger partial charge in [-0.15, -0.1) is 0 Å². The largest absolute Gasteiger partial charge is 0.382 e. The van der Waals surface area contributed by atoms with Crippen molar-refractivity contribution in [2.75, 3.05) is 26.8 Å². The van der Waals surface area contributed by atoms with Crippen molar-refractivity contribution < 1.29 is 4.74 Å². The van der Waals surface area contributed by atoms with E-state index in [0.717, 1.165) is 43.5 Å².